The van der Waals surface area contributed by atoms with Crippen molar-refractivity contribution in [2.45, 2.75) is 13.0 Å². The van der Waals surface area contributed by atoms with Crippen LogP contribution in [-0.2, 0) is 7.05 Å². The summed E-state index contributed by atoms with van der Waals surface area (Å²) in [7, 11) is 1.58. The Labute approximate surface area is 103 Å². The van der Waals surface area contributed by atoms with E-state index in [1.165, 1.54) is 23.9 Å². The van der Waals surface area contributed by atoms with Gasteiger partial charge in [-0.15, -0.1) is 0 Å². The molecule has 96 valence electrons. The molecule has 1 unspecified atom stereocenters. The predicted molar refractivity (Wildman–Crippen MR) is 62.8 cm³/mol. The van der Waals surface area contributed by atoms with Gasteiger partial charge in [0.05, 0.1) is 11.8 Å². The molecular formula is C12H13F2N3O. The second kappa shape index (κ2) is 4.38. The zero-order valence-corrected chi connectivity index (χ0v) is 9.98. The van der Waals surface area contributed by atoms with Crippen LogP contribution in [0.25, 0.3) is 0 Å². The molecule has 2 rings (SSSR count). The van der Waals surface area contributed by atoms with E-state index in [0.717, 1.165) is 6.07 Å². The van der Waals surface area contributed by atoms with Crippen LogP contribution in [0.1, 0.15) is 22.8 Å². The van der Waals surface area contributed by atoms with Crippen molar-refractivity contribution in [2.75, 3.05) is 5.73 Å². The molecule has 4 nitrogen and oxygen atoms in total. The van der Waals surface area contributed by atoms with E-state index in [9.17, 15) is 13.9 Å². The Bertz CT molecular complexity index is 595. The Balaban J connectivity index is 2.56. The van der Waals surface area contributed by atoms with Crippen LogP contribution in [-0.4, -0.2) is 14.9 Å². The van der Waals surface area contributed by atoms with E-state index < -0.39 is 23.3 Å². The van der Waals surface area contributed by atoms with E-state index in [-0.39, 0.29) is 16.9 Å². The molecule has 1 heterocycles. The number of anilines is 1. The fourth-order valence-corrected chi connectivity index (χ4v) is 1.76. The molecule has 18 heavy (non-hydrogen) atoms. The lowest BCUT2D eigenvalue weighted by atomic mass is 10.0. The lowest BCUT2D eigenvalue weighted by molar-refractivity contribution is 0.209. The van der Waals surface area contributed by atoms with Crippen molar-refractivity contribution in [1.82, 2.24) is 9.78 Å². The molecule has 6 heteroatoms. The molecular weight excluding hydrogens is 240 g/mol. The van der Waals surface area contributed by atoms with Gasteiger partial charge in [0.15, 0.2) is 0 Å². The van der Waals surface area contributed by atoms with Crippen molar-refractivity contribution in [3.8, 4) is 0 Å². The number of aryl methyl sites for hydroxylation is 2. The maximum atomic E-state index is 13.9. The molecule has 0 spiro atoms. The molecule has 0 aliphatic rings. The van der Waals surface area contributed by atoms with E-state index in [4.69, 9.17) is 5.73 Å². The molecule has 2 aromatic rings. The van der Waals surface area contributed by atoms with Crippen molar-refractivity contribution in [3.63, 3.8) is 0 Å². The predicted octanol–water partition coefficient (Wildman–Crippen LogP) is 1.67. The highest BCUT2D eigenvalue weighted by Gasteiger charge is 2.24. The third-order valence-electron chi connectivity index (χ3n) is 2.90. The minimum atomic E-state index is -1.47. The maximum absolute atomic E-state index is 13.9. The summed E-state index contributed by atoms with van der Waals surface area (Å²) in [5, 5.41) is 13.9. The van der Waals surface area contributed by atoms with Gasteiger partial charge in [0.25, 0.3) is 0 Å². The Morgan fingerprint density at radius 1 is 1.39 bits per heavy atom. The summed E-state index contributed by atoms with van der Waals surface area (Å²) < 4.78 is 28.8. The fraction of sp³-hybridized carbons (Fsp3) is 0.250. The Kier molecular flexibility index (Phi) is 3.04. The van der Waals surface area contributed by atoms with Gasteiger partial charge in [0, 0.05) is 12.6 Å². The van der Waals surface area contributed by atoms with Gasteiger partial charge in [0.2, 0.25) is 0 Å². The number of aromatic nitrogens is 2. The minimum absolute atomic E-state index is 0.169. The zero-order valence-electron chi connectivity index (χ0n) is 9.98. The summed E-state index contributed by atoms with van der Waals surface area (Å²) >= 11 is 0. The molecule has 0 radical (unpaired) electrons. The van der Waals surface area contributed by atoms with Gasteiger partial charge in [0.1, 0.15) is 23.6 Å². The van der Waals surface area contributed by atoms with E-state index in [1.54, 1.807) is 7.05 Å². The van der Waals surface area contributed by atoms with Crippen molar-refractivity contribution >= 4 is 5.82 Å². The van der Waals surface area contributed by atoms with Gasteiger partial charge >= 0.3 is 0 Å². The zero-order chi connectivity index (χ0) is 13.4. The summed E-state index contributed by atoms with van der Waals surface area (Å²) in [4.78, 5) is 0. The average molecular weight is 253 g/mol. The summed E-state index contributed by atoms with van der Waals surface area (Å²) in [5.74, 6) is -1.41. The molecule has 0 aliphatic carbocycles. The van der Waals surface area contributed by atoms with Crippen LogP contribution in [0, 0.1) is 18.6 Å². The van der Waals surface area contributed by atoms with Crippen LogP contribution >= 0.6 is 0 Å². The van der Waals surface area contributed by atoms with E-state index in [1.807, 2.05) is 0 Å². The second-order valence-electron chi connectivity index (χ2n) is 4.10. The van der Waals surface area contributed by atoms with Gasteiger partial charge in [-0.3, -0.25) is 4.68 Å². The normalized spacial score (nSPS) is 12.7. The number of benzene rings is 1. The summed E-state index contributed by atoms with van der Waals surface area (Å²) in [6, 6.07) is 2.43. The molecule has 0 bridgehead atoms. The highest BCUT2D eigenvalue weighted by molar-refractivity contribution is 5.45. The highest BCUT2D eigenvalue weighted by atomic mass is 19.1. The van der Waals surface area contributed by atoms with Crippen LogP contribution in [0.4, 0.5) is 14.6 Å². The first kappa shape index (κ1) is 12.5. The van der Waals surface area contributed by atoms with Crippen molar-refractivity contribution in [2.24, 2.45) is 7.05 Å². The van der Waals surface area contributed by atoms with Crippen LogP contribution in [0.2, 0.25) is 0 Å². The molecule has 1 atom stereocenters. The first-order valence-electron chi connectivity index (χ1n) is 5.33. The molecule has 0 saturated heterocycles. The summed E-state index contributed by atoms with van der Waals surface area (Å²) in [6.07, 6.45) is -0.181. The van der Waals surface area contributed by atoms with Crippen LogP contribution in [0.5, 0.6) is 0 Å². The fourth-order valence-electron chi connectivity index (χ4n) is 1.76. The van der Waals surface area contributed by atoms with E-state index in [2.05, 4.69) is 5.10 Å². The van der Waals surface area contributed by atoms with Crippen LogP contribution in [0.15, 0.2) is 18.3 Å². The van der Waals surface area contributed by atoms with Crippen molar-refractivity contribution < 1.29 is 13.9 Å². The van der Waals surface area contributed by atoms with Crippen LogP contribution < -0.4 is 5.73 Å². The van der Waals surface area contributed by atoms with Gasteiger partial charge in [-0.05, 0) is 18.6 Å². The standard InChI is InChI=1S/C12H13F2N3O/c1-6-3-4-8(13)9(10(6)14)11(18)7-5-16-17(2)12(7)15/h3-5,11,18H,15H2,1-2H3. The number of nitrogens with two attached hydrogens (primary N) is 1. The van der Waals surface area contributed by atoms with Crippen molar-refractivity contribution in [3.05, 3.63) is 46.7 Å². The Morgan fingerprint density at radius 2 is 2.06 bits per heavy atom. The first-order chi connectivity index (χ1) is 8.43. The molecule has 0 aliphatic heterocycles. The maximum Gasteiger partial charge on any atom is 0.135 e. The number of nitrogen functional groups attached to an aromatic ring is 1. The third-order valence-corrected chi connectivity index (χ3v) is 2.90. The molecule has 1 aromatic carbocycles. The number of rotatable bonds is 2. The second-order valence-corrected chi connectivity index (χ2v) is 4.10. The van der Waals surface area contributed by atoms with Crippen LogP contribution in [0.3, 0.4) is 0 Å². The number of hydrogen-bond acceptors (Lipinski definition) is 3. The lowest BCUT2D eigenvalue weighted by Crippen LogP contribution is -2.09. The first-order valence-corrected chi connectivity index (χ1v) is 5.33. The Hall–Kier alpha value is -1.95. The number of halogens is 2. The molecule has 0 saturated carbocycles. The lowest BCUT2D eigenvalue weighted by Gasteiger charge is -2.13. The number of aliphatic hydroxyl groups is 1. The molecule has 3 N–H and O–H groups in total. The number of nitrogens with zero attached hydrogens (tertiary/aromatic N) is 2. The van der Waals surface area contributed by atoms with Gasteiger partial charge in [-0.1, -0.05) is 6.07 Å². The monoisotopic (exact) mass is 253 g/mol. The Morgan fingerprint density at radius 3 is 2.61 bits per heavy atom. The quantitative estimate of drug-likeness (QED) is 0.855. The van der Waals surface area contributed by atoms with Gasteiger partial charge < -0.3 is 10.8 Å². The smallest absolute Gasteiger partial charge is 0.135 e. The van der Waals surface area contributed by atoms with Gasteiger partial charge in [-0.25, -0.2) is 8.78 Å². The minimum Gasteiger partial charge on any atom is -0.384 e. The number of aliphatic hydroxyl groups excluding tert-OH is 1. The third kappa shape index (κ3) is 1.84. The number of hydrogen-bond donors (Lipinski definition) is 2. The topological polar surface area (TPSA) is 64.1 Å². The van der Waals surface area contributed by atoms with E-state index in [0.29, 0.717) is 0 Å². The van der Waals surface area contributed by atoms with Gasteiger partial charge in [-0.2, -0.15) is 5.10 Å². The molecule has 1 aromatic heterocycles. The average Bonchev–Trinajstić information content (AvgIpc) is 2.65. The molecule has 0 fully saturated rings. The SMILES string of the molecule is Cc1ccc(F)c(C(O)c2cnn(C)c2N)c1F. The summed E-state index contributed by atoms with van der Waals surface area (Å²) in [5.41, 5.74) is 5.71. The van der Waals surface area contributed by atoms with Crippen molar-refractivity contribution in [1.29, 1.82) is 0 Å². The highest BCUT2D eigenvalue weighted by Crippen LogP contribution is 2.30. The molecule has 0 amide bonds. The van der Waals surface area contributed by atoms with E-state index >= 15 is 0 Å². The largest absolute Gasteiger partial charge is 0.384 e. The summed E-state index contributed by atoms with van der Waals surface area (Å²) in [6.45, 7) is 1.50.